The predicted molar refractivity (Wildman–Crippen MR) is 77.6 cm³/mol. The van der Waals surface area contributed by atoms with Crippen molar-refractivity contribution >= 4 is 11.6 Å². The summed E-state index contributed by atoms with van der Waals surface area (Å²) < 4.78 is 0. The summed E-state index contributed by atoms with van der Waals surface area (Å²) in [7, 11) is 0. The molecule has 4 heteroatoms. The van der Waals surface area contributed by atoms with Crippen molar-refractivity contribution < 1.29 is 9.90 Å². The summed E-state index contributed by atoms with van der Waals surface area (Å²) in [6, 6.07) is 7.28. The number of nitrogens with one attached hydrogen (secondary N) is 1. The van der Waals surface area contributed by atoms with Gasteiger partial charge < -0.3 is 16.2 Å². The van der Waals surface area contributed by atoms with E-state index in [1.54, 1.807) is 12.1 Å². The first-order chi connectivity index (χ1) is 9.06. The van der Waals surface area contributed by atoms with Crippen molar-refractivity contribution in [1.29, 1.82) is 0 Å². The van der Waals surface area contributed by atoms with E-state index < -0.39 is 6.10 Å². The van der Waals surface area contributed by atoms with Crippen molar-refractivity contribution in [1.82, 2.24) is 5.32 Å². The number of anilines is 1. The minimum atomic E-state index is -0.472. The molecule has 1 aromatic rings. The van der Waals surface area contributed by atoms with E-state index in [0.717, 1.165) is 18.4 Å². The lowest BCUT2D eigenvalue weighted by Crippen LogP contribution is -2.36. The van der Waals surface area contributed by atoms with Gasteiger partial charge in [0.05, 0.1) is 12.5 Å². The highest BCUT2D eigenvalue weighted by molar-refractivity contribution is 5.78. The standard InChI is InChI=1S/C15H24N2O2/c1-3-12(4-2)14(18)10-17-15(19)9-11-6-5-7-13(16)8-11/h5-8,12,14,18H,3-4,9-10,16H2,1-2H3,(H,17,19). The normalized spacial score (nSPS) is 12.4. The molecule has 0 saturated heterocycles. The molecular weight excluding hydrogens is 240 g/mol. The number of hydrogen-bond donors (Lipinski definition) is 3. The van der Waals surface area contributed by atoms with Gasteiger partial charge in [-0.3, -0.25) is 4.79 Å². The molecule has 1 atom stereocenters. The molecule has 1 rings (SSSR count). The van der Waals surface area contributed by atoms with E-state index in [1.165, 1.54) is 0 Å². The van der Waals surface area contributed by atoms with Gasteiger partial charge in [0.25, 0.3) is 0 Å². The highest BCUT2D eigenvalue weighted by Crippen LogP contribution is 2.12. The fourth-order valence-corrected chi connectivity index (χ4v) is 2.17. The van der Waals surface area contributed by atoms with Crippen molar-refractivity contribution in [2.24, 2.45) is 5.92 Å². The quantitative estimate of drug-likeness (QED) is 0.656. The maximum absolute atomic E-state index is 11.8. The fourth-order valence-electron chi connectivity index (χ4n) is 2.17. The Kier molecular flexibility index (Phi) is 6.36. The Morgan fingerprint density at radius 2 is 2.05 bits per heavy atom. The molecule has 0 radical (unpaired) electrons. The molecule has 19 heavy (non-hydrogen) atoms. The first kappa shape index (κ1) is 15.5. The molecule has 1 amide bonds. The molecule has 4 N–H and O–H groups in total. The van der Waals surface area contributed by atoms with Gasteiger partial charge in [0.2, 0.25) is 5.91 Å². The zero-order chi connectivity index (χ0) is 14.3. The Hall–Kier alpha value is -1.55. The Labute approximate surface area is 115 Å². The number of carbonyl (C=O) groups excluding carboxylic acids is 1. The number of carbonyl (C=O) groups is 1. The third-order valence-electron chi connectivity index (χ3n) is 3.42. The van der Waals surface area contributed by atoms with E-state index in [9.17, 15) is 9.90 Å². The molecule has 0 aromatic heterocycles. The number of aliphatic hydroxyl groups excluding tert-OH is 1. The molecule has 0 spiro atoms. The van der Waals surface area contributed by atoms with Crippen LogP contribution in [0, 0.1) is 5.92 Å². The molecule has 0 heterocycles. The minimum absolute atomic E-state index is 0.0874. The van der Waals surface area contributed by atoms with Crippen LogP contribution in [0.5, 0.6) is 0 Å². The molecule has 1 unspecified atom stereocenters. The van der Waals surface area contributed by atoms with Gasteiger partial charge in [-0.25, -0.2) is 0 Å². The molecule has 0 fully saturated rings. The number of amides is 1. The highest BCUT2D eigenvalue weighted by atomic mass is 16.3. The molecule has 1 aromatic carbocycles. The lowest BCUT2D eigenvalue weighted by atomic mass is 9.96. The topological polar surface area (TPSA) is 75.3 Å². The summed E-state index contributed by atoms with van der Waals surface area (Å²) in [4.78, 5) is 11.8. The number of rotatable bonds is 7. The largest absolute Gasteiger partial charge is 0.399 e. The van der Waals surface area contributed by atoms with Gasteiger partial charge >= 0.3 is 0 Å². The van der Waals surface area contributed by atoms with Crippen molar-refractivity contribution in [2.45, 2.75) is 39.2 Å². The van der Waals surface area contributed by atoms with Crippen molar-refractivity contribution in [3.63, 3.8) is 0 Å². The maximum atomic E-state index is 11.8. The van der Waals surface area contributed by atoms with Crippen molar-refractivity contribution in [3.05, 3.63) is 29.8 Å². The second-order valence-corrected chi connectivity index (χ2v) is 4.87. The minimum Gasteiger partial charge on any atom is -0.399 e. The highest BCUT2D eigenvalue weighted by Gasteiger charge is 2.16. The van der Waals surface area contributed by atoms with Crippen LogP contribution in [0.2, 0.25) is 0 Å². The molecule has 0 aliphatic rings. The van der Waals surface area contributed by atoms with Crippen LogP contribution in [0.4, 0.5) is 5.69 Å². The summed E-state index contributed by atoms with van der Waals surface area (Å²) in [6.45, 7) is 4.41. The van der Waals surface area contributed by atoms with E-state index in [2.05, 4.69) is 5.32 Å². The average molecular weight is 264 g/mol. The molecule has 0 saturated carbocycles. The smallest absolute Gasteiger partial charge is 0.224 e. The number of nitrogen functional groups attached to an aromatic ring is 1. The van der Waals surface area contributed by atoms with Gasteiger partial charge in [0.1, 0.15) is 0 Å². The zero-order valence-electron chi connectivity index (χ0n) is 11.7. The van der Waals surface area contributed by atoms with Gasteiger partial charge in [0, 0.05) is 12.2 Å². The SMILES string of the molecule is CCC(CC)C(O)CNC(=O)Cc1cccc(N)c1. The van der Waals surface area contributed by atoms with Crippen molar-refractivity contribution in [2.75, 3.05) is 12.3 Å². The van der Waals surface area contributed by atoms with Gasteiger partial charge in [0.15, 0.2) is 0 Å². The van der Waals surface area contributed by atoms with Crippen LogP contribution in [-0.2, 0) is 11.2 Å². The third kappa shape index (κ3) is 5.30. The van der Waals surface area contributed by atoms with Gasteiger partial charge in [-0.15, -0.1) is 0 Å². The summed E-state index contributed by atoms with van der Waals surface area (Å²) in [5, 5.41) is 12.7. The molecule has 4 nitrogen and oxygen atoms in total. The van der Waals surface area contributed by atoms with Gasteiger partial charge in [-0.1, -0.05) is 38.8 Å². The van der Waals surface area contributed by atoms with E-state index in [4.69, 9.17) is 5.73 Å². The molecule has 0 aliphatic heterocycles. The van der Waals surface area contributed by atoms with Crippen LogP contribution in [0.15, 0.2) is 24.3 Å². The number of aliphatic hydroxyl groups is 1. The Morgan fingerprint density at radius 3 is 2.63 bits per heavy atom. The second-order valence-electron chi connectivity index (χ2n) is 4.87. The molecule has 106 valence electrons. The van der Waals surface area contributed by atoms with Crippen LogP contribution in [0.1, 0.15) is 32.3 Å². The Bertz CT molecular complexity index is 403. The van der Waals surface area contributed by atoms with Gasteiger partial charge in [-0.2, -0.15) is 0 Å². The van der Waals surface area contributed by atoms with Crippen LogP contribution in [0.25, 0.3) is 0 Å². The Balaban J connectivity index is 2.39. The zero-order valence-corrected chi connectivity index (χ0v) is 11.7. The second kappa shape index (κ2) is 7.79. The van der Waals surface area contributed by atoms with E-state index in [0.29, 0.717) is 18.7 Å². The van der Waals surface area contributed by atoms with Crippen LogP contribution in [0.3, 0.4) is 0 Å². The Morgan fingerprint density at radius 1 is 1.37 bits per heavy atom. The van der Waals surface area contributed by atoms with Crippen molar-refractivity contribution in [3.8, 4) is 0 Å². The van der Waals surface area contributed by atoms with Crippen LogP contribution in [-0.4, -0.2) is 23.7 Å². The van der Waals surface area contributed by atoms with Crippen LogP contribution >= 0.6 is 0 Å². The van der Waals surface area contributed by atoms with E-state index >= 15 is 0 Å². The summed E-state index contributed by atoms with van der Waals surface area (Å²) in [6.07, 6.45) is 1.66. The third-order valence-corrected chi connectivity index (χ3v) is 3.42. The molecule has 0 bridgehead atoms. The number of hydrogen-bond acceptors (Lipinski definition) is 3. The fraction of sp³-hybridized carbons (Fsp3) is 0.533. The van der Waals surface area contributed by atoms with Gasteiger partial charge in [-0.05, 0) is 23.6 Å². The lowest BCUT2D eigenvalue weighted by molar-refractivity contribution is -0.121. The lowest BCUT2D eigenvalue weighted by Gasteiger charge is -2.20. The number of benzene rings is 1. The maximum Gasteiger partial charge on any atom is 0.224 e. The average Bonchev–Trinajstić information content (AvgIpc) is 2.38. The first-order valence-electron chi connectivity index (χ1n) is 6.86. The monoisotopic (exact) mass is 264 g/mol. The van der Waals surface area contributed by atoms with E-state index in [-0.39, 0.29) is 11.8 Å². The number of nitrogens with two attached hydrogens (primary N) is 1. The predicted octanol–water partition coefficient (Wildman–Crippen LogP) is 1.72. The summed E-state index contributed by atoms with van der Waals surface area (Å²) in [5.74, 6) is 0.156. The first-order valence-corrected chi connectivity index (χ1v) is 6.86. The molecule has 0 aliphatic carbocycles. The summed E-state index contributed by atoms with van der Waals surface area (Å²) in [5.41, 5.74) is 7.20. The molecular formula is C15H24N2O2. The van der Waals surface area contributed by atoms with E-state index in [1.807, 2.05) is 26.0 Å². The van der Waals surface area contributed by atoms with Crippen LogP contribution < -0.4 is 11.1 Å². The summed E-state index contributed by atoms with van der Waals surface area (Å²) >= 11 is 0.